The lowest BCUT2D eigenvalue weighted by Gasteiger charge is -2.32. The molecule has 1 aromatic carbocycles. The Morgan fingerprint density at radius 2 is 2.12 bits per heavy atom. The number of sulfonamides is 1. The number of rotatable bonds is 5. The number of hydrogen-bond donors (Lipinski definition) is 1. The second kappa shape index (κ2) is 7.69. The molecule has 8 heteroatoms. The van der Waals surface area contributed by atoms with Crippen molar-refractivity contribution in [3.8, 4) is 11.3 Å². The number of aromatic nitrogens is 1. The lowest BCUT2D eigenvalue weighted by atomic mass is 10.1. The Labute approximate surface area is 157 Å². The fraction of sp³-hybridized carbons (Fsp3) is 0.333. The standard InChI is InChI=1S/C18H21N3O3S2/c1-3-18(22)20-15-5-4-10-21(11-15)26(23,24)16-8-6-14(7-9-16)17-12-25-13(2)19-17/h3,6-9,12,15H,1,4-5,10-11H2,2H3,(H,20,22)/t15-/m0/s1. The third-order valence-electron chi connectivity index (χ3n) is 4.32. The van der Waals surface area contributed by atoms with E-state index in [0.29, 0.717) is 13.0 Å². The van der Waals surface area contributed by atoms with Gasteiger partial charge in [0.1, 0.15) is 0 Å². The molecular weight excluding hydrogens is 370 g/mol. The smallest absolute Gasteiger partial charge is 0.243 e. The van der Waals surface area contributed by atoms with Crippen LogP contribution in [0.1, 0.15) is 17.8 Å². The number of piperidine rings is 1. The van der Waals surface area contributed by atoms with Crippen molar-refractivity contribution < 1.29 is 13.2 Å². The van der Waals surface area contributed by atoms with Crippen molar-refractivity contribution in [1.29, 1.82) is 0 Å². The maximum Gasteiger partial charge on any atom is 0.243 e. The van der Waals surface area contributed by atoms with Crippen molar-refractivity contribution in [2.24, 2.45) is 0 Å². The third-order valence-corrected chi connectivity index (χ3v) is 6.98. The maximum absolute atomic E-state index is 12.9. The summed E-state index contributed by atoms with van der Waals surface area (Å²) >= 11 is 1.56. The minimum absolute atomic E-state index is 0.193. The van der Waals surface area contributed by atoms with E-state index >= 15 is 0 Å². The van der Waals surface area contributed by atoms with Gasteiger partial charge in [-0.15, -0.1) is 11.3 Å². The highest BCUT2D eigenvalue weighted by Crippen LogP contribution is 2.25. The number of aryl methyl sites for hydroxylation is 1. The molecule has 138 valence electrons. The van der Waals surface area contributed by atoms with Gasteiger partial charge in [-0.2, -0.15) is 4.31 Å². The maximum atomic E-state index is 12.9. The number of hydrogen-bond acceptors (Lipinski definition) is 5. The van der Waals surface area contributed by atoms with Crippen molar-refractivity contribution in [3.63, 3.8) is 0 Å². The van der Waals surface area contributed by atoms with Crippen LogP contribution < -0.4 is 5.32 Å². The quantitative estimate of drug-likeness (QED) is 0.795. The van der Waals surface area contributed by atoms with E-state index in [2.05, 4.69) is 16.9 Å². The van der Waals surface area contributed by atoms with Crippen LogP contribution in [0.15, 0.2) is 47.2 Å². The van der Waals surface area contributed by atoms with E-state index < -0.39 is 10.0 Å². The summed E-state index contributed by atoms with van der Waals surface area (Å²) in [4.78, 5) is 16.2. The first-order valence-corrected chi connectivity index (χ1v) is 10.7. The normalized spacial score (nSPS) is 18.4. The minimum atomic E-state index is -3.59. The summed E-state index contributed by atoms with van der Waals surface area (Å²) in [5.41, 5.74) is 1.74. The number of nitrogens with zero attached hydrogens (tertiary/aromatic N) is 2. The van der Waals surface area contributed by atoms with Crippen LogP contribution in [0.5, 0.6) is 0 Å². The third kappa shape index (κ3) is 4.03. The first kappa shape index (κ1) is 18.8. The Hall–Kier alpha value is -2.03. The Kier molecular flexibility index (Phi) is 5.55. The van der Waals surface area contributed by atoms with Gasteiger partial charge in [-0.25, -0.2) is 13.4 Å². The highest BCUT2D eigenvalue weighted by molar-refractivity contribution is 7.89. The van der Waals surface area contributed by atoms with Crippen LogP contribution in [0.25, 0.3) is 11.3 Å². The summed E-state index contributed by atoms with van der Waals surface area (Å²) in [6.07, 6.45) is 2.66. The summed E-state index contributed by atoms with van der Waals surface area (Å²) in [5.74, 6) is -0.280. The summed E-state index contributed by atoms with van der Waals surface area (Å²) in [6, 6.07) is 6.60. The van der Waals surface area contributed by atoms with Crippen LogP contribution >= 0.6 is 11.3 Å². The van der Waals surface area contributed by atoms with Crippen LogP contribution in [0.4, 0.5) is 0 Å². The van der Waals surface area contributed by atoms with Crippen LogP contribution in [0.3, 0.4) is 0 Å². The van der Waals surface area contributed by atoms with Gasteiger partial charge >= 0.3 is 0 Å². The number of carbonyl (C=O) groups excluding carboxylic acids is 1. The molecule has 3 rings (SSSR count). The molecule has 1 fully saturated rings. The van der Waals surface area contributed by atoms with Crippen LogP contribution in [-0.4, -0.2) is 42.7 Å². The largest absolute Gasteiger partial charge is 0.349 e. The molecule has 1 amide bonds. The minimum Gasteiger partial charge on any atom is -0.349 e. The zero-order chi connectivity index (χ0) is 18.7. The number of carbonyl (C=O) groups is 1. The van der Waals surface area contributed by atoms with Crippen molar-refractivity contribution in [3.05, 3.63) is 47.3 Å². The van der Waals surface area contributed by atoms with Crippen LogP contribution in [0, 0.1) is 6.92 Å². The van der Waals surface area contributed by atoms with Crippen LogP contribution in [0.2, 0.25) is 0 Å². The predicted molar refractivity (Wildman–Crippen MR) is 102 cm³/mol. The van der Waals surface area contributed by atoms with Crippen molar-refractivity contribution in [2.45, 2.75) is 30.7 Å². The predicted octanol–water partition coefficient (Wildman–Crippen LogP) is 2.57. The van der Waals surface area contributed by atoms with E-state index in [-0.39, 0.29) is 23.4 Å². The van der Waals surface area contributed by atoms with Gasteiger partial charge in [-0.1, -0.05) is 18.7 Å². The molecule has 1 saturated heterocycles. The molecule has 2 heterocycles. The van der Waals surface area contributed by atoms with E-state index in [1.54, 1.807) is 35.6 Å². The van der Waals surface area contributed by atoms with Crippen molar-refractivity contribution >= 4 is 27.3 Å². The second-order valence-electron chi connectivity index (χ2n) is 6.19. The summed E-state index contributed by atoms with van der Waals surface area (Å²) in [5, 5.41) is 5.71. The van der Waals surface area contributed by atoms with Gasteiger partial charge in [-0.3, -0.25) is 4.79 Å². The van der Waals surface area contributed by atoms with Crippen molar-refractivity contribution in [1.82, 2.24) is 14.6 Å². The lowest BCUT2D eigenvalue weighted by Crippen LogP contribution is -2.49. The van der Waals surface area contributed by atoms with Gasteiger partial charge in [-0.05, 0) is 38.0 Å². The van der Waals surface area contributed by atoms with Gasteiger partial charge in [0, 0.05) is 30.1 Å². The molecule has 0 saturated carbocycles. The van der Waals surface area contributed by atoms with Gasteiger partial charge in [0.15, 0.2) is 0 Å². The monoisotopic (exact) mass is 391 g/mol. The molecule has 6 nitrogen and oxygen atoms in total. The Morgan fingerprint density at radius 3 is 2.73 bits per heavy atom. The highest BCUT2D eigenvalue weighted by atomic mass is 32.2. The summed E-state index contributed by atoms with van der Waals surface area (Å²) < 4.78 is 27.3. The fourth-order valence-electron chi connectivity index (χ4n) is 2.98. The van der Waals surface area contributed by atoms with Gasteiger partial charge < -0.3 is 5.32 Å². The molecule has 1 atom stereocenters. The molecule has 0 bridgehead atoms. The first-order chi connectivity index (χ1) is 12.4. The topological polar surface area (TPSA) is 79.4 Å². The molecule has 1 aromatic heterocycles. The number of nitrogens with one attached hydrogen (secondary N) is 1. The molecule has 26 heavy (non-hydrogen) atoms. The van der Waals surface area contributed by atoms with E-state index in [1.807, 2.05) is 12.3 Å². The summed E-state index contributed by atoms with van der Waals surface area (Å²) in [7, 11) is -3.59. The van der Waals surface area contributed by atoms with E-state index in [0.717, 1.165) is 22.7 Å². The van der Waals surface area contributed by atoms with Gasteiger partial charge in [0.2, 0.25) is 15.9 Å². The molecule has 1 aliphatic heterocycles. The van der Waals surface area contributed by atoms with E-state index in [1.165, 1.54) is 10.4 Å². The van der Waals surface area contributed by atoms with Gasteiger partial charge in [0.05, 0.1) is 15.6 Å². The Balaban J connectivity index is 1.76. The zero-order valence-corrected chi connectivity index (χ0v) is 16.1. The molecule has 1 N–H and O–H groups in total. The number of thiazole rings is 1. The average molecular weight is 392 g/mol. The van der Waals surface area contributed by atoms with E-state index in [4.69, 9.17) is 0 Å². The molecule has 0 unspecified atom stereocenters. The summed E-state index contributed by atoms with van der Waals surface area (Å²) in [6.45, 7) is 6.09. The number of amides is 1. The average Bonchev–Trinajstić information content (AvgIpc) is 3.08. The van der Waals surface area contributed by atoms with Crippen LogP contribution in [-0.2, 0) is 14.8 Å². The first-order valence-electron chi connectivity index (χ1n) is 8.36. The Bertz CT molecular complexity index is 904. The molecule has 0 aliphatic carbocycles. The second-order valence-corrected chi connectivity index (χ2v) is 9.19. The molecular formula is C18H21N3O3S2. The highest BCUT2D eigenvalue weighted by Gasteiger charge is 2.30. The zero-order valence-electron chi connectivity index (χ0n) is 14.5. The lowest BCUT2D eigenvalue weighted by molar-refractivity contribution is -0.117. The Morgan fingerprint density at radius 1 is 1.38 bits per heavy atom. The molecule has 1 aliphatic rings. The van der Waals surface area contributed by atoms with Gasteiger partial charge in [0.25, 0.3) is 0 Å². The molecule has 0 radical (unpaired) electrons. The molecule has 0 spiro atoms. The number of benzene rings is 1. The molecule has 2 aromatic rings. The van der Waals surface area contributed by atoms with Crippen molar-refractivity contribution in [2.75, 3.05) is 13.1 Å². The fourth-order valence-corrected chi connectivity index (χ4v) is 5.13. The SMILES string of the molecule is C=CC(=O)N[C@H]1CCCN(S(=O)(=O)c2ccc(-c3csc(C)n3)cc2)C1. The van der Waals surface area contributed by atoms with E-state index in [9.17, 15) is 13.2 Å².